The highest BCUT2D eigenvalue weighted by Gasteiger charge is 2.35. The number of hydrogen-bond donors (Lipinski definition) is 1. The lowest BCUT2D eigenvalue weighted by Gasteiger charge is -2.32. The largest absolute Gasteiger partial charge is 0.421 e. The van der Waals surface area contributed by atoms with Crippen LogP contribution in [0.1, 0.15) is 49.4 Å². The van der Waals surface area contributed by atoms with Gasteiger partial charge in [-0.15, -0.1) is 0 Å². The van der Waals surface area contributed by atoms with Gasteiger partial charge in [0.15, 0.2) is 5.75 Å². The molecule has 0 unspecified atom stereocenters. The lowest BCUT2D eigenvalue weighted by Crippen LogP contribution is -2.35. The summed E-state index contributed by atoms with van der Waals surface area (Å²) < 4.78 is 5.31. The number of carbonyl (C=O) groups is 2. The van der Waals surface area contributed by atoms with Gasteiger partial charge in [0.05, 0.1) is 16.3 Å². The second kappa shape index (κ2) is 7.99. The molecule has 0 atom stereocenters. The molecule has 0 aliphatic heterocycles. The van der Waals surface area contributed by atoms with Crippen molar-refractivity contribution < 1.29 is 14.3 Å². The van der Waals surface area contributed by atoms with E-state index < -0.39 is 11.4 Å². The van der Waals surface area contributed by atoms with E-state index in [1.54, 1.807) is 22.9 Å². The number of amides is 1. The van der Waals surface area contributed by atoms with Gasteiger partial charge in [0, 0.05) is 10.8 Å². The number of carbonyl (C=O) groups excluding carboxylic acids is 2. The van der Waals surface area contributed by atoms with Crippen molar-refractivity contribution >= 4 is 52.1 Å². The van der Waals surface area contributed by atoms with E-state index in [1.165, 1.54) is 23.8 Å². The summed E-state index contributed by atoms with van der Waals surface area (Å²) in [5.74, 6) is -0.399. The van der Waals surface area contributed by atoms with Crippen LogP contribution < -0.4 is 10.1 Å². The van der Waals surface area contributed by atoms with E-state index >= 15 is 0 Å². The molecule has 7 heteroatoms. The van der Waals surface area contributed by atoms with Crippen LogP contribution in [0.15, 0.2) is 29.0 Å². The highest BCUT2D eigenvalue weighted by Crippen LogP contribution is 2.40. The van der Waals surface area contributed by atoms with Crippen molar-refractivity contribution in [2.45, 2.75) is 39.0 Å². The van der Waals surface area contributed by atoms with Gasteiger partial charge in [-0.25, -0.2) is 4.79 Å². The molecule has 0 radical (unpaired) electrons. The first kappa shape index (κ1) is 19.2. The van der Waals surface area contributed by atoms with Crippen molar-refractivity contribution in [3.05, 3.63) is 44.6 Å². The van der Waals surface area contributed by atoms with E-state index in [1.807, 2.05) is 6.92 Å². The minimum absolute atomic E-state index is 0.0572. The Bertz CT molecular complexity index is 814. The van der Waals surface area contributed by atoms with Crippen LogP contribution in [0, 0.1) is 5.41 Å². The van der Waals surface area contributed by atoms with Crippen molar-refractivity contribution in [3.63, 3.8) is 0 Å². The number of benzene rings is 1. The Balaban J connectivity index is 1.75. The molecule has 2 aromatic rings. The third-order valence-corrected chi connectivity index (χ3v) is 6.31. The van der Waals surface area contributed by atoms with Crippen LogP contribution in [0.25, 0.3) is 0 Å². The summed E-state index contributed by atoms with van der Waals surface area (Å²) in [5, 5.41) is 6.62. The van der Waals surface area contributed by atoms with Gasteiger partial charge < -0.3 is 10.1 Å². The molecular weight excluding hydrogens is 393 g/mol. The zero-order valence-corrected chi connectivity index (χ0v) is 16.6. The number of esters is 1. The molecule has 138 valence electrons. The number of anilines is 1. The number of rotatable bonds is 4. The summed E-state index contributed by atoms with van der Waals surface area (Å²) >= 11 is 13.9. The Hall–Kier alpha value is -1.56. The smallest absolute Gasteiger partial charge is 0.344 e. The van der Waals surface area contributed by atoms with E-state index in [2.05, 4.69) is 5.32 Å². The molecule has 1 amide bonds. The van der Waals surface area contributed by atoms with Crippen LogP contribution in [-0.2, 0) is 4.79 Å². The molecule has 4 nitrogen and oxygen atoms in total. The molecule has 0 spiro atoms. The van der Waals surface area contributed by atoms with Crippen LogP contribution in [0.4, 0.5) is 5.69 Å². The minimum Gasteiger partial charge on any atom is -0.421 e. The van der Waals surface area contributed by atoms with Gasteiger partial charge in [0.2, 0.25) is 5.91 Å². The van der Waals surface area contributed by atoms with Gasteiger partial charge in [-0.3, -0.25) is 4.79 Å². The maximum absolute atomic E-state index is 12.7. The Morgan fingerprint density at radius 3 is 2.50 bits per heavy atom. The van der Waals surface area contributed by atoms with Gasteiger partial charge in [-0.1, -0.05) is 49.4 Å². The molecule has 1 aromatic carbocycles. The van der Waals surface area contributed by atoms with Crippen LogP contribution in [0.3, 0.4) is 0 Å². The number of thiophene rings is 1. The topological polar surface area (TPSA) is 55.4 Å². The van der Waals surface area contributed by atoms with Gasteiger partial charge in [-0.05, 0) is 36.4 Å². The van der Waals surface area contributed by atoms with E-state index in [0.717, 1.165) is 25.7 Å². The van der Waals surface area contributed by atoms with E-state index in [-0.39, 0.29) is 21.7 Å². The van der Waals surface area contributed by atoms with Gasteiger partial charge in [0.1, 0.15) is 5.02 Å². The van der Waals surface area contributed by atoms with Crippen molar-refractivity contribution in [3.8, 4) is 5.75 Å². The molecular formula is C19H19Cl2NO3S. The first-order chi connectivity index (χ1) is 12.4. The molecule has 0 bridgehead atoms. The first-order valence-corrected chi connectivity index (χ1v) is 10.1. The molecule has 1 aliphatic carbocycles. The SMILES string of the molecule is CC1(C(=O)Nc2ccc(OC(=O)c3ccsc3)c(Cl)c2Cl)CCCCC1. The van der Waals surface area contributed by atoms with Crippen molar-refractivity contribution in [1.82, 2.24) is 0 Å². The zero-order chi connectivity index (χ0) is 18.7. The predicted octanol–water partition coefficient (Wildman–Crippen LogP) is 6.18. The number of ether oxygens (including phenoxy) is 1. The van der Waals surface area contributed by atoms with Crippen LogP contribution in [0.5, 0.6) is 5.75 Å². The Morgan fingerprint density at radius 1 is 1.12 bits per heavy atom. The number of nitrogens with one attached hydrogen (secondary N) is 1. The Labute approximate surface area is 166 Å². The molecule has 3 rings (SSSR count). The summed E-state index contributed by atoms with van der Waals surface area (Å²) in [6.07, 6.45) is 4.99. The third-order valence-electron chi connectivity index (χ3n) is 4.76. The van der Waals surface area contributed by atoms with Crippen molar-refractivity contribution in [2.75, 3.05) is 5.32 Å². The highest BCUT2D eigenvalue weighted by molar-refractivity contribution is 7.08. The van der Waals surface area contributed by atoms with Gasteiger partial charge >= 0.3 is 5.97 Å². The van der Waals surface area contributed by atoms with Crippen molar-refractivity contribution in [1.29, 1.82) is 0 Å². The van der Waals surface area contributed by atoms with Crippen LogP contribution in [-0.4, -0.2) is 11.9 Å². The monoisotopic (exact) mass is 411 g/mol. The lowest BCUT2D eigenvalue weighted by atomic mass is 9.75. The van der Waals surface area contributed by atoms with Gasteiger partial charge in [0.25, 0.3) is 0 Å². The highest BCUT2D eigenvalue weighted by atomic mass is 35.5. The normalized spacial score (nSPS) is 16.1. The standard InChI is InChI=1S/C19H19Cl2NO3S/c1-19(8-3-2-4-9-19)18(24)22-13-5-6-14(16(21)15(13)20)25-17(23)12-7-10-26-11-12/h5-7,10-11H,2-4,8-9H2,1H3,(H,22,24). The minimum atomic E-state index is -0.504. The third kappa shape index (κ3) is 4.05. The average Bonchev–Trinajstić information content (AvgIpc) is 3.16. The summed E-state index contributed by atoms with van der Waals surface area (Å²) in [6.45, 7) is 1.98. The second-order valence-electron chi connectivity index (χ2n) is 6.72. The first-order valence-electron chi connectivity index (χ1n) is 8.44. The molecule has 1 heterocycles. The van der Waals surface area contributed by atoms with Crippen molar-refractivity contribution in [2.24, 2.45) is 5.41 Å². The maximum atomic E-state index is 12.7. The molecule has 26 heavy (non-hydrogen) atoms. The van der Waals surface area contributed by atoms with E-state index in [9.17, 15) is 9.59 Å². The Kier molecular flexibility index (Phi) is 5.90. The maximum Gasteiger partial charge on any atom is 0.344 e. The van der Waals surface area contributed by atoms with Crippen LogP contribution in [0.2, 0.25) is 10.0 Å². The van der Waals surface area contributed by atoms with E-state index in [0.29, 0.717) is 11.3 Å². The molecule has 0 saturated heterocycles. The summed E-state index contributed by atoms with van der Waals surface area (Å²) in [7, 11) is 0. The second-order valence-corrected chi connectivity index (χ2v) is 8.25. The molecule has 1 aromatic heterocycles. The molecule has 1 N–H and O–H groups in total. The van der Waals surface area contributed by atoms with Gasteiger partial charge in [-0.2, -0.15) is 11.3 Å². The number of halogens is 2. The predicted molar refractivity (Wildman–Crippen MR) is 106 cm³/mol. The molecule has 1 fully saturated rings. The lowest BCUT2D eigenvalue weighted by molar-refractivity contribution is -0.126. The summed E-state index contributed by atoms with van der Waals surface area (Å²) in [6, 6.07) is 4.81. The molecule has 1 aliphatic rings. The fourth-order valence-corrected chi connectivity index (χ4v) is 4.11. The summed E-state index contributed by atoms with van der Waals surface area (Å²) in [4.78, 5) is 24.7. The number of hydrogen-bond acceptors (Lipinski definition) is 4. The molecule has 1 saturated carbocycles. The fraction of sp³-hybridized carbons (Fsp3) is 0.368. The quantitative estimate of drug-likeness (QED) is 0.482. The summed E-state index contributed by atoms with van der Waals surface area (Å²) in [5.41, 5.74) is 0.478. The fourth-order valence-electron chi connectivity index (χ4n) is 3.08. The Morgan fingerprint density at radius 2 is 1.85 bits per heavy atom. The average molecular weight is 412 g/mol. The van der Waals surface area contributed by atoms with E-state index in [4.69, 9.17) is 27.9 Å². The van der Waals surface area contributed by atoms with Crippen LogP contribution >= 0.6 is 34.5 Å². The zero-order valence-electron chi connectivity index (χ0n) is 14.3.